The Bertz CT molecular complexity index is 218. The highest BCUT2D eigenvalue weighted by Crippen LogP contribution is 2.17. The number of hydrogen-bond donors (Lipinski definition) is 1. The Hall–Kier alpha value is -0.410. The maximum Gasteiger partial charge on any atom is 0.113 e. The molecular weight excluding hydrogens is 170 g/mol. The normalized spacial score (nSPS) is 17.7. The first-order valence-electron chi connectivity index (χ1n) is 4.26. The molecule has 66 valence electrons. The Morgan fingerprint density at radius 1 is 1.58 bits per heavy atom. The lowest BCUT2D eigenvalue weighted by Gasteiger charge is -2.26. The molecule has 1 fully saturated rings. The monoisotopic (exact) mass is 183 g/mol. The summed E-state index contributed by atoms with van der Waals surface area (Å²) in [5.41, 5.74) is 0. The third kappa shape index (κ3) is 2.05. The predicted octanol–water partition coefficient (Wildman–Crippen LogP) is 1.73. The van der Waals surface area contributed by atoms with Gasteiger partial charge < -0.3 is 9.73 Å². The lowest BCUT2D eigenvalue weighted by Crippen LogP contribution is -2.43. The van der Waals surface area contributed by atoms with Crippen LogP contribution >= 0.6 is 11.8 Å². The Labute approximate surface area is 76.7 Å². The molecule has 0 aromatic carbocycles. The molecule has 12 heavy (non-hydrogen) atoms. The minimum absolute atomic E-state index is 0.893. The van der Waals surface area contributed by atoms with E-state index in [-0.39, 0.29) is 0 Å². The van der Waals surface area contributed by atoms with Crippen molar-refractivity contribution in [3.05, 3.63) is 24.2 Å². The van der Waals surface area contributed by atoms with Crippen LogP contribution in [0.25, 0.3) is 0 Å². The van der Waals surface area contributed by atoms with Crippen molar-refractivity contribution in [1.29, 1.82) is 0 Å². The zero-order valence-electron chi connectivity index (χ0n) is 6.95. The van der Waals surface area contributed by atoms with E-state index in [1.807, 2.05) is 23.9 Å². The van der Waals surface area contributed by atoms with Crippen molar-refractivity contribution in [1.82, 2.24) is 5.32 Å². The lowest BCUT2D eigenvalue weighted by atomic mass is 10.1. The highest BCUT2D eigenvalue weighted by atomic mass is 32.2. The molecule has 1 aromatic rings. The summed E-state index contributed by atoms with van der Waals surface area (Å²) in [4.78, 5) is 0. The summed E-state index contributed by atoms with van der Waals surface area (Å²) in [6.07, 6.45) is 1.74. The number of hydrogen-bond acceptors (Lipinski definition) is 3. The minimum atomic E-state index is 0.893. The molecule has 1 aromatic heterocycles. The molecule has 2 nitrogen and oxygen atoms in total. The number of furan rings is 1. The van der Waals surface area contributed by atoms with Gasteiger partial charge in [-0.05, 0) is 36.9 Å². The van der Waals surface area contributed by atoms with Crippen molar-refractivity contribution in [3.8, 4) is 0 Å². The fourth-order valence-electron chi connectivity index (χ4n) is 1.19. The van der Waals surface area contributed by atoms with Gasteiger partial charge in [-0.2, -0.15) is 11.8 Å². The fourth-order valence-corrected chi connectivity index (χ4v) is 2.24. The SMILES string of the molecule is c1coc(CSCC2CNC2)c1. The van der Waals surface area contributed by atoms with Crippen LogP contribution in [0, 0.1) is 5.92 Å². The van der Waals surface area contributed by atoms with E-state index in [1.165, 1.54) is 18.8 Å². The summed E-state index contributed by atoms with van der Waals surface area (Å²) in [7, 11) is 0. The van der Waals surface area contributed by atoms with E-state index in [0.717, 1.165) is 17.4 Å². The van der Waals surface area contributed by atoms with E-state index in [2.05, 4.69) is 5.32 Å². The molecule has 0 spiro atoms. The zero-order chi connectivity index (χ0) is 8.23. The Morgan fingerprint density at radius 3 is 3.08 bits per heavy atom. The van der Waals surface area contributed by atoms with Crippen LogP contribution in [0.5, 0.6) is 0 Å². The molecule has 0 aliphatic carbocycles. The molecule has 0 saturated carbocycles. The predicted molar refractivity (Wildman–Crippen MR) is 51.2 cm³/mol. The van der Waals surface area contributed by atoms with E-state index in [0.29, 0.717) is 0 Å². The van der Waals surface area contributed by atoms with Gasteiger partial charge in [-0.1, -0.05) is 0 Å². The minimum Gasteiger partial charge on any atom is -0.468 e. The van der Waals surface area contributed by atoms with Crippen molar-refractivity contribution in [2.75, 3.05) is 18.8 Å². The first kappa shape index (κ1) is 8.20. The van der Waals surface area contributed by atoms with Gasteiger partial charge in [-0.3, -0.25) is 0 Å². The molecule has 0 radical (unpaired) electrons. The molecule has 2 rings (SSSR count). The smallest absolute Gasteiger partial charge is 0.113 e. The van der Waals surface area contributed by atoms with Crippen molar-refractivity contribution in [2.24, 2.45) is 5.92 Å². The maximum atomic E-state index is 5.23. The topological polar surface area (TPSA) is 25.2 Å². The third-order valence-corrected chi connectivity index (χ3v) is 3.24. The quantitative estimate of drug-likeness (QED) is 0.769. The van der Waals surface area contributed by atoms with Gasteiger partial charge in [0, 0.05) is 0 Å². The highest BCUT2D eigenvalue weighted by Gasteiger charge is 2.15. The summed E-state index contributed by atoms with van der Waals surface area (Å²) < 4.78 is 5.23. The van der Waals surface area contributed by atoms with E-state index < -0.39 is 0 Å². The summed E-state index contributed by atoms with van der Waals surface area (Å²) in [6.45, 7) is 2.40. The molecule has 1 aliphatic rings. The van der Waals surface area contributed by atoms with Crippen LogP contribution in [0.2, 0.25) is 0 Å². The van der Waals surface area contributed by atoms with Crippen LogP contribution in [-0.2, 0) is 5.75 Å². The standard InChI is InChI=1S/C9H13NOS/c1-2-9(11-3-1)7-12-6-8-4-10-5-8/h1-3,8,10H,4-7H2. The van der Waals surface area contributed by atoms with Crippen LogP contribution in [0.4, 0.5) is 0 Å². The van der Waals surface area contributed by atoms with E-state index in [4.69, 9.17) is 4.42 Å². The number of rotatable bonds is 4. The van der Waals surface area contributed by atoms with Gasteiger partial charge >= 0.3 is 0 Å². The number of thioether (sulfide) groups is 1. The first-order chi connectivity index (χ1) is 5.95. The highest BCUT2D eigenvalue weighted by molar-refractivity contribution is 7.98. The molecule has 1 aliphatic heterocycles. The lowest BCUT2D eigenvalue weighted by molar-refractivity contribution is 0.385. The molecule has 0 bridgehead atoms. The Kier molecular flexibility index (Phi) is 2.74. The van der Waals surface area contributed by atoms with Gasteiger partial charge in [0.05, 0.1) is 12.0 Å². The molecule has 0 unspecified atom stereocenters. The Morgan fingerprint density at radius 2 is 2.50 bits per heavy atom. The van der Waals surface area contributed by atoms with Gasteiger partial charge in [-0.15, -0.1) is 0 Å². The summed E-state index contributed by atoms with van der Waals surface area (Å²) in [6, 6.07) is 3.98. The van der Waals surface area contributed by atoms with Gasteiger partial charge in [-0.25, -0.2) is 0 Å². The van der Waals surface area contributed by atoms with E-state index in [9.17, 15) is 0 Å². The maximum absolute atomic E-state index is 5.23. The molecular formula is C9H13NOS. The first-order valence-corrected chi connectivity index (χ1v) is 5.41. The average molecular weight is 183 g/mol. The summed E-state index contributed by atoms with van der Waals surface area (Å²) in [5, 5.41) is 3.27. The summed E-state index contributed by atoms with van der Waals surface area (Å²) in [5.74, 6) is 4.26. The second kappa shape index (κ2) is 4.01. The average Bonchev–Trinajstić information content (AvgIpc) is 2.46. The van der Waals surface area contributed by atoms with Gasteiger partial charge in [0.25, 0.3) is 0 Å². The molecule has 1 saturated heterocycles. The molecule has 1 N–H and O–H groups in total. The molecule has 2 heterocycles. The number of nitrogens with one attached hydrogen (secondary N) is 1. The zero-order valence-corrected chi connectivity index (χ0v) is 7.77. The van der Waals surface area contributed by atoms with E-state index >= 15 is 0 Å². The molecule has 3 heteroatoms. The van der Waals surface area contributed by atoms with E-state index in [1.54, 1.807) is 6.26 Å². The van der Waals surface area contributed by atoms with Gasteiger partial charge in [0.15, 0.2) is 0 Å². The van der Waals surface area contributed by atoms with Gasteiger partial charge in [0.2, 0.25) is 0 Å². The molecule has 0 amide bonds. The van der Waals surface area contributed by atoms with Crippen LogP contribution in [0.3, 0.4) is 0 Å². The Balaban J connectivity index is 1.62. The van der Waals surface area contributed by atoms with Gasteiger partial charge in [0.1, 0.15) is 5.76 Å². The summed E-state index contributed by atoms with van der Waals surface area (Å²) >= 11 is 1.96. The van der Waals surface area contributed by atoms with Crippen LogP contribution in [0.15, 0.2) is 22.8 Å². The van der Waals surface area contributed by atoms with Crippen molar-refractivity contribution in [3.63, 3.8) is 0 Å². The van der Waals surface area contributed by atoms with Crippen LogP contribution in [0.1, 0.15) is 5.76 Å². The van der Waals surface area contributed by atoms with Crippen molar-refractivity contribution in [2.45, 2.75) is 5.75 Å². The largest absolute Gasteiger partial charge is 0.468 e. The third-order valence-electron chi connectivity index (χ3n) is 2.04. The fraction of sp³-hybridized carbons (Fsp3) is 0.556. The van der Waals surface area contributed by atoms with Crippen LogP contribution in [-0.4, -0.2) is 18.8 Å². The van der Waals surface area contributed by atoms with Crippen molar-refractivity contribution < 1.29 is 4.42 Å². The molecule has 0 atom stereocenters. The second-order valence-corrected chi connectivity index (χ2v) is 4.15. The van der Waals surface area contributed by atoms with Crippen LogP contribution < -0.4 is 5.32 Å². The second-order valence-electron chi connectivity index (χ2n) is 3.12. The van der Waals surface area contributed by atoms with Crippen molar-refractivity contribution >= 4 is 11.8 Å².